The van der Waals surface area contributed by atoms with Crippen molar-refractivity contribution in [3.63, 3.8) is 0 Å². The number of rotatable bonds is 5. The fourth-order valence-corrected chi connectivity index (χ4v) is 2.33. The molecule has 1 N–H and O–H groups in total. The number of nitriles is 1. The van der Waals surface area contributed by atoms with E-state index in [0.717, 1.165) is 0 Å². The van der Waals surface area contributed by atoms with E-state index in [9.17, 15) is 20.2 Å². The number of nitrogens with one attached hydrogen (secondary N) is 1. The van der Waals surface area contributed by atoms with Gasteiger partial charge in [0.15, 0.2) is 0 Å². The molecule has 2 aromatic rings. The van der Waals surface area contributed by atoms with E-state index in [2.05, 4.69) is 5.32 Å². The number of halogens is 1. The van der Waals surface area contributed by atoms with Gasteiger partial charge >= 0.3 is 0 Å². The van der Waals surface area contributed by atoms with Crippen LogP contribution in [-0.4, -0.2) is 24.9 Å². The number of carbonyl (C=O) groups is 1. The average Bonchev–Trinajstić information content (AvgIpc) is 2.61. The van der Waals surface area contributed by atoms with Crippen molar-refractivity contribution >= 4 is 40.6 Å². The van der Waals surface area contributed by atoms with Crippen LogP contribution >= 0.6 is 11.6 Å². The summed E-state index contributed by atoms with van der Waals surface area (Å²) in [5.41, 5.74) is 1.00. The van der Waals surface area contributed by atoms with Gasteiger partial charge < -0.3 is 10.2 Å². The third kappa shape index (κ3) is 4.59. The van der Waals surface area contributed by atoms with Gasteiger partial charge in [0.05, 0.1) is 4.92 Å². The summed E-state index contributed by atoms with van der Waals surface area (Å²) in [5.74, 6) is -0.617. The van der Waals surface area contributed by atoms with Gasteiger partial charge in [0.1, 0.15) is 17.3 Å². The summed E-state index contributed by atoms with van der Waals surface area (Å²) in [6, 6.07) is 12.7. The molecule has 26 heavy (non-hydrogen) atoms. The molecule has 0 heterocycles. The Balaban J connectivity index is 2.31. The second-order valence-corrected chi connectivity index (χ2v) is 5.97. The topological polar surface area (TPSA) is 99.3 Å². The number of anilines is 2. The lowest BCUT2D eigenvalue weighted by molar-refractivity contribution is -0.384. The molecule has 0 fully saturated rings. The first kappa shape index (κ1) is 19.0. The molecule has 8 heteroatoms. The van der Waals surface area contributed by atoms with Crippen LogP contribution in [0.1, 0.15) is 5.56 Å². The van der Waals surface area contributed by atoms with Crippen LogP contribution in [0.4, 0.5) is 17.1 Å². The molecular formula is C18H15ClN4O3. The van der Waals surface area contributed by atoms with Crippen molar-refractivity contribution in [1.29, 1.82) is 5.26 Å². The highest BCUT2D eigenvalue weighted by Gasteiger charge is 2.17. The highest BCUT2D eigenvalue weighted by Crippen LogP contribution is 2.28. The Hall–Kier alpha value is -3.37. The number of hydrogen-bond acceptors (Lipinski definition) is 5. The average molecular weight is 371 g/mol. The molecule has 0 unspecified atom stereocenters. The SMILES string of the molecule is CN(C)c1ccc(/C=C(\C#N)C(=O)Nc2ccc(Cl)cc2)cc1[N+](=O)[O-]. The zero-order chi connectivity index (χ0) is 19.3. The lowest BCUT2D eigenvalue weighted by atomic mass is 10.1. The van der Waals surface area contributed by atoms with E-state index in [4.69, 9.17) is 11.6 Å². The normalized spacial score (nSPS) is 10.8. The predicted octanol–water partition coefficient (Wildman–Crippen LogP) is 3.86. The molecule has 0 aliphatic rings. The van der Waals surface area contributed by atoms with Crippen LogP contribution in [0.2, 0.25) is 5.02 Å². The minimum absolute atomic E-state index is 0.112. The monoisotopic (exact) mass is 370 g/mol. The predicted molar refractivity (Wildman–Crippen MR) is 101 cm³/mol. The number of nitro groups is 1. The number of nitrogens with zero attached hydrogens (tertiary/aromatic N) is 3. The van der Waals surface area contributed by atoms with Gasteiger partial charge in [-0.25, -0.2) is 0 Å². The first-order chi connectivity index (χ1) is 12.3. The highest BCUT2D eigenvalue weighted by molar-refractivity contribution is 6.30. The molecule has 0 atom stereocenters. The van der Waals surface area contributed by atoms with Crippen molar-refractivity contribution in [2.45, 2.75) is 0 Å². The Labute approximate surface area is 155 Å². The highest BCUT2D eigenvalue weighted by atomic mass is 35.5. The van der Waals surface area contributed by atoms with Crippen LogP contribution in [0.5, 0.6) is 0 Å². The van der Waals surface area contributed by atoms with Crippen LogP contribution in [0, 0.1) is 21.4 Å². The summed E-state index contributed by atoms with van der Waals surface area (Å²) >= 11 is 5.79. The molecule has 0 aliphatic heterocycles. The Morgan fingerprint density at radius 2 is 1.92 bits per heavy atom. The summed E-state index contributed by atoms with van der Waals surface area (Å²) in [7, 11) is 3.39. The zero-order valence-electron chi connectivity index (χ0n) is 14.1. The largest absolute Gasteiger partial charge is 0.372 e. The Morgan fingerprint density at radius 3 is 2.46 bits per heavy atom. The van der Waals surface area contributed by atoms with E-state index in [-0.39, 0.29) is 11.3 Å². The minimum Gasteiger partial charge on any atom is -0.372 e. The van der Waals surface area contributed by atoms with E-state index in [0.29, 0.717) is 22.0 Å². The molecule has 0 spiro atoms. The van der Waals surface area contributed by atoms with Gasteiger partial charge in [0, 0.05) is 30.9 Å². The number of amides is 1. The van der Waals surface area contributed by atoms with E-state index in [1.54, 1.807) is 55.4 Å². The van der Waals surface area contributed by atoms with Gasteiger partial charge in [-0.05, 0) is 42.0 Å². The molecule has 132 valence electrons. The van der Waals surface area contributed by atoms with E-state index >= 15 is 0 Å². The fourth-order valence-electron chi connectivity index (χ4n) is 2.20. The van der Waals surface area contributed by atoms with Crippen LogP contribution < -0.4 is 10.2 Å². The summed E-state index contributed by atoms with van der Waals surface area (Å²) in [6.07, 6.45) is 1.30. The Bertz CT molecular complexity index is 915. The Kier molecular flexibility index (Phi) is 5.94. The maximum atomic E-state index is 12.2. The van der Waals surface area contributed by atoms with Gasteiger partial charge in [-0.1, -0.05) is 17.7 Å². The van der Waals surface area contributed by atoms with Gasteiger partial charge in [0.25, 0.3) is 11.6 Å². The van der Waals surface area contributed by atoms with Gasteiger partial charge in [-0.15, -0.1) is 0 Å². The zero-order valence-corrected chi connectivity index (χ0v) is 14.8. The van der Waals surface area contributed by atoms with Crippen molar-refractivity contribution in [3.8, 4) is 6.07 Å². The van der Waals surface area contributed by atoms with Gasteiger partial charge in [-0.3, -0.25) is 14.9 Å². The number of nitro benzene ring substituents is 1. The first-order valence-electron chi connectivity index (χ1n) is 7.46. The van der Waals surface area contributed by atoms with Gasteiger partial charge in [-0.2, -0.15) is 5.26 Å². The second kappa shape index (κ2) is 8.14. The lowest BCUT2D eigenvalue weighted by Gasteiger charge is -2.12. The molecule has 0 saturated carbocycles. The maximum Gasteiger partial charge on any atom is 0.293 e. The maximum absolute atomic E-state index is 12.2. The molecule has 0 aliphatic carbocycles. The Morgan fingerprint density at radius 1 is 1.27 bits per heavy atom. The van der Waals surface area contributed by atoms with Crippen molar-refractivity contribution in [1.82, 2.24) is 0 Å². The van der Waals surface area contributed by atoms with E-state index in [1.165, 1.54) is 12.1 Å². The molecule has 0 bridgehead atoms. The third-order valence-electron chi connectivity index (χ3n) is 3.46. The third-order valence-corrected chi connectivity index (χ3v) is 3.71. The number of benzene rings is 2. The van der Waals surface area contributed by atoms with Crippen LogP contribution in [0.15, 0.2) is 48.0 Å². The molecule has 0 saturated heterocycles. The van der Waals surface area contributed by atoms with Crippen molar-refractivity contribution in [3.05, 3.63) is 68.7 Å². The van der Waals surface area contributed by atoms with Crippen molar-refractivity contribution in [2.75, 3.05) is 24.3 Å². The molecular weight excluding hydrogens is 356 g/mol. The van der Waals surface area contributed by atoms with Gasteiger partial charge in [0.2, 0.25) is 0 Å². The molecule has 1 amide bonds. The lowest BCUT2D eigenvalue weighted by Crippen LogP contribution is -2.13. The molecule has 2 aromatic carbocycles. The molecule has 7 nitrogen and oxygen atoms in total. The standard InChI is InChI=1S/C18H15ClN4O3/c1-22(2)16-8-3-12(10-17(16)23(25)26)9-13(11-20)18(24)21-15-6-4-14(19)5-7-15/h3-10H,1-2H3,(H,21,24)/b13-9+. The number of carbonyl (C=O) groups excluding carboxylic acids is 1. The fraction of sp³-hybridized carbons (Fsp3) is 0.111. The summed E-state index contributed by atoms with van der Waals surface area (Å²) in [6.45, 7) is 0. The number of hydrogen-bond donors (Lipinski definition) is 1. The summed E-state index contributed by atoms with van der Waals surface area (Å²) in [4.78, 5) is 24.6. The first-order valence-corrected chi connectivity index (χ1v) is 7.84. The van der Waals surface area contributed by atoms with E-state index in [1.807, 2.05) is 6.07 Å². The van der Waals surface area contributed by atoms with Crippen LogP contribution in [-0.2, 0) is 4.79 Å². The van der Waals surface area contributed by atoms with Crippen molar-refractivity contribution in [2.24, 2.45) is 0 Å². The quantitative estimate of drug-likeness (QED) is 0.373. The van der Waals surface area contributed by atoms with Crippen molar-refractivity contribution < 1.29 is 9.72 Å². The van der Waals surface area contributed by atoms with E-state index < -0.39 is 10.8 Å². The smallest absolute Gasteiger partial charge is 0.293 e. The van der Waals surface area contributed by atoms with Crippen LogP contribution in [0.3, 0.4) is 0 Å². The molecule has 0 aromatic heterocycles. The second-order valence-electron chi connectivity index (χ2n) is 5.53. The molecule has 0 radical (unpaired) electrons. The summed E-state index contributed by atoms with van der Waals surface area (Å²) in [5, 5.41) is 23.6. The molecule has 2 rings (SSSR count). The minimum atomic E-state index is -0.617. The van der Waals surface area contributed by atoms with Crippen LogP contribution in [0.25, 0.3) is 6.08 Å². The summed E-state index contributed by atoms with van der Waals surface area (Å²) < 4.78 is 0.